The zero-order chi connectivity index (χ0) is 33.7. The Hall–Kier alpha value is -3.69. The van der Waals surface area contributed by atoms with Crippen LogP contribution in [0.1, 0.15) is 68.1 Å². The van der Waals surface area contributed by atoms with Crippen molar-refractivity contribution in [1.82, 2.24) is 19.7 Å². The predicted octanol–water partition coefficient (Wildman–Crippen LogP) is 8.03. The van der Waals surface area contributed by atoms with Gasteiger partial charge < -0.3 is 19.6 Å². The number of alkyl halides is 3. The molecule has 6 nitrogen and oxygen atoms in total. The molecule has 6 rings (SSSR count). The molecule has 1 aliphatic carbocycles. The Morgan fingerprint density at radius 2 is 1.46 bits per heavy atom. The second-order valence-electron chi connectivity index (χ2n) is 14.2. The van der Waals surface area contributed by atoms with E-state index in [0.717, 1.165) is 60.8 Å². The maximum atomic E-state index is 13.9. The zero-order valence-corrected chi connectivity index (χ0v) is 28.2. The average Bonchev–Trinajstić information content (AvgIpc) is 3.11. The molecule has 1 aromatic heterocycles. The van der Waals surface area contributed by atoms with Crippen LogP contribution in [0.4, 0.5) is 24.5 Å². The van der Waals surface area contributed by atoms with E-state index >= 15 is 0 Å². The lowest BCUT2D eigenvalue weighted by molar-refractivity contribution is -0.137. The van der Waals surface area contributed by atoms with E-state index in [1.54, 1.807) is 18.5 Å². The smallest absolute Gasteiger partial charge is 0.345 e. The Morgan fingerprint density at radius 3 is 2.06 bits per heavy atom. The fourth-order valence-corrected chi connectivity index (χ4v) is 7.92. The first-order valence-electron chi connectivity index (χ1n) is 17.4. The Labute approximate surface area is 283 Å². The summed E-state index contributed by atoms with van der Waals surface area (Å²) in [6.45, 7) is 5.22. The van der Waals surface area contributed by atoms with E-state index in [1.807, 2.05) is 24.1 Å². The number of pyridine rings is 1. The molecule has 3 aromatic rings. The largest absolute Gasteiger partial charge is 0.416 e. The molecular formula is C39H48F3N5O. The van der Waals surface area contributed by atoms with Gasteiger partial charge in [0.1, 0.15) is 0 Å². The van der Waals surface area contributed by atoms with Gasteiger partial charge in [-0.25, -0.2) is 0 Å². The highest BCUT2D eigenvalue weighted by Gasteiger charge is 2.41. The molecule has 1 amide bonds. The molecule has 2 aliphatic heterocycles. The maximum Gasteiger partial charge on any atom is 0.416 e. The molecule has 3 aliphatic rings. The van der Waals surface area contributed by atoms with E-state index in [-0.39, 0.29) is 11.9 Å². The number of nitrogens with zero attached hydrogens (tertiary/aromatic N) is 5. The molecule has 0 radical (unpaired) electrons. The molecule has 0 bridgehead atoms. The zero-order valence-electron chi connectivity index (χ0n) is 28.2. The Bertz CT molecular complexity index is 1500. The van der Waals surface area contributed by atoms with Crippen LogP contribution in [0.15, 0.2) is 79.1 Å². The third-order valence-electron chi connectivity index (χ3n) is 11.2. The predicted molar refractivity (Wildman–Crippen MR) is 186 cm³/mol. The van der Waals surface area contributed by atoms with Gasteiger partial charge in [-0.1, -0.05) is 24.3 Å². The van der Waals surface area contributed by atoms with Crippen LogP contribution in [-0.2, 0) is 17.5 Å². The Balaban J connectivity index is 1.13. The Kier molecular flexibility index (Phi) is 10.6. The van der Waals surface area contributed by atoms with Crippen LogP contribution in [0, 0.1) is 5.41 Å². The minimum absolute atomic E-state index is 0.106. The maximum absolute atomic E-state index is 13.9. The van der Waals surface area contributed by atoms with Crippen molar-refractivity contribution in [3.63, 3.8) is 0 Å². The van der Waals surface area contributed by atoms with Crippen molar-refractivity contribution in [2.24, 2.45) is 5.41 Å². The summed E-state index contributed by atoms with van der Waals surface area (Å²) in [4.78, 5) is 27.2. The minimum Gasteiger partial charge on any atom is -0.345 e. The summed E-state index contributed by atoms with van der Waals surface area (Å²) in [5.74, 6) is -0.106. The first kappa shape index (κ1) is 34.2. The van der Waals surface area contributed by atoms with Crippen LogP contribution in [0.3, 0.4) is 0 Å². The number of amides is 1. The van der Waals surface area contributed by atoms with Crippen LogP contribution < -0.4 is 4.90 Å². The lowest BCUT2D eigenvalue weighted by Gasteiger charge is -2.50. The van der Waals surface area contributed by atoms with Gasteiger partial charge in [-0.05, 0) is 144 Å². The molecule has 256 valence electrons. The number of rotatable bonds is 8. The van der Waals surface area contributed by atoms with Crippen LogP contribution in [0.5, 0.6) is 0 Å². The van der Waals surface area contributed by atoms with Gasteiger partial charge in [-0.3, -0.25) is 9.78 Å². The van der Waals surface area contributed by atoms with Gasteiger partial charge in [-0.15, -0.1) is 0 Å². The number of likely N-dealkylation sites (tertiary alicyclic amines) is 2. The number of halogens is 3. The molecule has 3 fully saturated rings. The lowest BCUT2D eigenvalue weighted by Crippen LogP contribution is -2.51. The molecular weight excluding hydrogens is 611 g/mol. The average molecular weight is 660 g/mol. The fourth-order valence-electron chi connectivity index (χ4n) is 7.92. The van der Waals surface area contributed by atoms with Crippen molar-refractivity contribution >= 4 is 23.4 Å². The van der Waals surface area contributed by atoms with Crippen molar-refractivity contribution in [2.75, 3.05) is 45.2 Å². The van der Waals surface area contributed by atoms with Crippen molar-refractivity contribution in [3.8, 4) is 0 Å². The van der Waals surface area contributed by atoms with Crippen LogP contribution in [-0.4, -0.2) is 77.9 Å². The molecule has 0 atom stereocenters. The summed E-state index contributed by atoms with van der Waals surface area (Å²) in [7, 11) is 4.23. The van der Waals surface area contributed by atoms with E-state index < -0.39 is 11.7 Å². The molecule has 0 unspecified atom stereocenters. The van der Waals surface area contributed by atoms with Gasteiger partial charge in [0, 0.05) is 55.5 Å². The summed E-state index contributed by atoms with van der Waals surface area (Å²) in [6.07, 6.45) is 11.5. The Morgan fingerprint density at radius 1 is 0.854 bits per heavy atom. The highest BCUT2D eigenvalue weighted by Crippen LogP contribution is 2.46. The summed E-state index contributed by atoms with van der Waals surface area (Å²) in [6, 6.07) is 18.0. The standard InChI is InChI=1S/C39H48F3N5O/c1-44-25-17-35(18-26-44)46-27-21-38(22-28-46)19-13-36(14-20-38)47(37(48)12-7-30-3-8-32(9-4-30)39(40,41)42)29-31-5-10-33(11-6-31)45(2)34-15-23-43-24-16-34/h3-12,15-16,23-24,35-36H,13-14,17-22,25-29H2,1-2H3/b12-7+. The van der Waals surface area contributed by atoms with Gasteiger partial charge in [0.25, 0.3) is 0 Å². The number of hydrogen-bond donors (Lipinski definition) is 0. The first-order chi connectivity index (χ1) is 23.1. The van der Waals surface area contributed by atoms with Crippen molar-refractivity contribution < 1.29 is 18.0 Å². The quantitative estimate of drug-likeness (QED) is 0.229. The van der Waals surface area contributed by atoms with Crippen molar-refractivity contribution in [3.05, 3.63) is 95.8 Å². The first-order valence-corrected chi connectivity index (χ1v) is 17.4. The number of piperidine rings is 2. The number of anilines is 2. The summed E-state index contributed by atoms with van der Waals surface area (Å²) in [5.41, 5.74) is 3.36. The highest BCUT2D eigenvalue weighted by molar-refractivity contribution is 5.92. The van der Waals surface area contributed by atoms with E-state index in [0.29, 0.717) is 17.5 Å². The van der Waals surface area contributed by atoms with Crippen molar-refractivity contribution in [1.29, 1.82) is 0 Å². The van der Waals surface area contributed by atoms with Gasteiger partial charge in [-0.2, -0.15) is 13.2 Å². The van der Waals surface area contributed by atoms with E-state index in [4.69, 9.17) is 0 Å². The van der Waals surface area contributed by atoms with Gasteiger partial charge >= 0.3 is 6.18 Å². The summed E-state index contributed by atoms with van der Waals surface area (Å²) < 4.78 is 39.2. The van der Waals surface area contributed by atoms with Crippen LogP contribution >= 0.6 is 0 Å². The second kappa shape index (κ2) is 14.8. The molecule has 1 saturated carbocycles. The summed E-state index contributed by atoms with van der Waals surface area (Å²) in [5, 5.41) is 0. The second-order valence-corrected chi connectivity index (χ2v) is 14.2. The van der Waals surface area contributed by atoms with E-state index in [2.05, 4.69) is 51.0 Å². The fraction of sp³-hybridized carbons (Fsp3) is 0.487. The van der Waals surface area contributed by atoms with Crippen LogP contribution in [0.25, 0.3) is 6.08 Å². The SMILES string of the molecule is CN1CCC(N2CCC3(CCC(N(Cc4ccc(N(C)c5ccncc5)cc4)C(=O)/C=C/c4ccc(C(F)(F)F)cc4)CC3)CC2)CC1. The van der Waals surface area contributed by atoms with Crippen LogP contribution in [0.2, 0.25) is 0 Å². The molecule has 1 spiro atoms. The van der Waals surface area contributed by atoms with Crippen molar-refractivity contribution in [2.45, 2.75) is 76.2 Å². The number of carbonyl (C=O) groups excluding carboxylic acids is 1. The van der Waals surface area contributed by atoms with Gasteiger partial charge in [0.2, 0.25) is 5.91 Å². The monoisotopic (exact) mass is 659 g/mol. The molecule has 3 heterocycles. The van der Waals surface area contributed by atoms with E-state index in [1.165, 1.54) is 70.1 Å². The molecule has 2 saturated heterocycles. The van der Waals surface area contributed by atoms with Gasteiger partial charge in [0.15, 0.2) is 0 Å². The lowest BCUT2D eigenvalue weighted by atomic mass is 9.66. The topological polar surface area (TPSA) is 42.9 Å². The van der Waals surface area contributed by atoms with E-state index in [9.17, 15) is 18.0 Å². The minimum atomic E-state index is -4.39. The molecule has 9 heteroatoms. The summed E-state index contributed by atoms with van der Waals surface area (Å²) >= 11 is 0. The number of hydrogen-bond acceptors (Lipinski definition) is 5. The highest BCUT2D eigenvalue weighted by atomic mass is 19.4. The number of aromatic nitrogens is 1. The molecule has 2 aromatic carbocycles. The third-order valence-corrected chi connectivity index (χ3v) is 11.2. The normalized spacial score (nSPS) is 19.9. The van der Waals surface area contributed by atoms with Gasteiger partial charge in [0.05, 0.1) is 5.56 Å². The number of carbonyl (C=O) groups is 1. The third kappa shape index (κ3) is 8.29. The molecule has 48 heavy (non-hydrogen) atoms. The number of benzene rings is 2. The molecule has 0 N–H and O–H groups in total.